The summed E-state index contributed by atoms with van der Waals surface area (Å²) in [6.07, 6.45) is 3.73. The SMILES string of the molecule is COc1ccc(-c2cnc(N(Cc3ccccc3)c3ccccc3)nc2)cc1. The van der Waals surface area contributed by atoms with Crippen LogP contribution in [-0.4, -0.2) is 17.1 Å². The molecule has 4 nitrogen and oxygen atoms in total. The van der Waals surface area contributed by atoms with Crippen LogP contribution in [0.3, 0.4) is 0 Å². The molecule has 0 N–H and O–H groups in total. The van der Waals surface area contributed by atoms with Crippen LogP contribution in [0.2, 0.25) is 0 Å². The number of benzene rings is 3. The van der Waals surface area contributed by atoms with Gasteiger partial charge in [0.05, 0.1) is 13.7 Å². The Labute approximate surface area is 165 Å². The van der Waals surface area contributed by atoms with E-state index in [1.165, 1.54) is 5.56 Å². The van der Waals surface area contributed by atoms with E-state index >= 15 is 0 Å². The fraction of sp³-hybridized carbons (Fsp3) is 0.0833. The highest BCUT2D eigenvalue weighted by Crippen LogP contribution is 2.26. The Hall–Kier alpha value is -3.66. The predicted octanol–water partition coefficient (Wildman–Crippen LogP) is 5.49. The summed E-state index contributed by atoms with van der Waals surface area (Å²) in [6.45, 7) is 0.701. The van der Waals surface area contributed by atoms with Crippen LogP contribution in [0.1, 0.15) is 5.56 Å². The largest absolute Gasteiger partial charge is 0.497 e. The Bertz CT molecular complexity index is 1000. The van der Waals surface area contributed by atoms with Gasteiger partial charge in [0.15, 0.2) is 0 Å². The number of nitrogens with zero attached hydrogens (tertiary/aromatic N) is 3. The lowest BCUT2D eigenvalue weighted by Crippen LogP contribution is -2.18. The number of ether oxygens (including phenoxy) is 1. The maximum atomic E-state index is 5.22. The molecule has 4 heteroatoms. The minimum absolute atomic E-state index is 0.673. The van der Waals surface area contributed by atoms with E-state index in [1.807, 2.05) is 73.1 Å². The van der Waals surface area contributed by atoms with Gasteiger partial charge in [-0.2, -0.15) is 0 Å². The molecule has 0 aliphatic rings. The van der Waals surface area contributed by atoms with Crippen molar-refractivity contribution in [2.24, 2.45) is 0 Å². The van der Waals surface area contributed by atoms with Gasteiger partial charge in [0.1, 0.15) is 5.75 Å². The first-order valence-corrected chi connectivity index (χ1v) is 9.16. The molecule has 3 aromatic carbocycles. The number of aromatic nitrogens is 2. The molecule has 0 saturated carbocycles. The van der Waals surface area contributed by atoms with E-state index < -0.39 is 0 Å². The van der Waals surface area contributed by atoms with Gasteiger partial charge in [-0.3, -0.25) is 0 Å². The molecule has 4 rings (SSSR count). The first kappa shape index (κ1) is 17.7. The lowest BCUT2D eigenvalue weighted by Gasteiger charge is -2.23. The Morgan fingerprint density at radius 3 is 1.93 bits per heavy atom. The van der Waals surface area contributed by atoms with Crippen molar-refractivity contribution in [1.82, 2.24) is 9.97 Å². The molecule has 0 atom stereocenters. The Balaban J connectivity index is 1.64. The second-order valence-electron chi connectivity index (χ2n) is 6.41. The van der Waals surface area contributed by atoms with E-state index in [1.54, 1.807) is 7.11 Å². The highest BCUT2D eigenvalue weighted by Gasteiger charge is 2.13. The highest BCUT2D eigenvalue weighted by molar-refractivity contribution is 5.64. The van der Waals surface area contributed by atoms with Crippen LogP contribution in [0.4, 0.5) is 11.6 Å². The fourth-order valence-electron chi connectivity index (χ4n) is 3.04. The van der Waals surface area contributed by atoms with Gasteiger partial charge in [-0.25, -0.2) is 9.97 Å². The van der Waals surface area contributed by atoms with Crippen molar-refractivity contribution < 1.29 is 4.74 Å². The van der Waals surface area contributed by atoms with E-state index in [0.29, 0.717) is 12.5 Å². The number of rotatable bonds is 6. The number of hydrogen-bond acceptors (Lipinski definition) is 4. The second-order valence-corrected chi connectivity index (χ2v) is 6.41. The van der Waals surface area contributed by atoms with Gasteiger partial charge in [-0.1, -0.05) is 60.7 Å². The summed E-state index contributed by atoms with van der Waals surface area (Å²) < 4.78 is 5.22. The number of hydrogen-bond donors (Lipinski definition) is 0. The summed E-state index contributed by atoms with van der Waals surface area (Å²) >= 11 is 0. The fourth-order valence-corrected chi connectivity index (χ4v) is 3.04. The molecule has 1 aromatic heterocycles. The molecule has 28 heavy (non-hydrogen) atoms. The maximum absolute atomic E-state index is 5.22. The smallest absolute Gasteiger partial charge is 0.230 e. The molecule has 0 spiro atoms. The molecule has 0 radical (unpaired) electrons. The van der Waals surface area contributed by atoms with Crippen LogP contribution in [-0.2, 0) is 6.54 Å². The van der Waals surface area contributed by atoms with Gasteiger partial charge in [-0.05, 0) is 35.4 Å². The number of methoxy groups -OCH3 is 1. The zero-order chi connectivity index (χ0) is 19.2. The third-order valence-corrected chi connectivity index (χ3v) is 4.55. The van der Waals surface area contributed by atoms with Gasteiger partial charge in [0, 0.05) is 23.6 Å². The van der Waals surface area contributed by atoms with E-state index in [9.17, 15) is 0 Å². The summed E-state index contributed by atoms with van der Waals surface area (Å²) in [5.74, 6) is 1.51. The monoisotopic (exact) mass is 367 g/mol. The minimum atomic E-state index is 0.673. The summed E-state index contributed by atoms with van der Waals surface area (Å²) in [6, 6.07) is 28.5. The first-order chi connectivity index (χ1) is 13.8. The van der Waals surface area contributed by atoms with Crippen molar-refractivity contribution in [3.8, 4) is 16.9 Å². The third-order valence-electron chi connectivity index (χ3n) is 4.55. The predicted molar refractivity (Wildman–Crippen MR) is 113 cm³/mol. The lowest BCUT2D eigenvalue weighted by molar-refractivity contribution is 0.415. The van der Waals surface area contributed by atoms with Crippen molar-refractivity contribution in [2.75, 3.05) is 12.0 Å². The van der Waals surface area contributed by atoms with Gasteiger partial charge in [0.2, 0.25) is 5.95 Å². The van der Waals surface area contributed by atoms with Gasteiger partial charge < -0.3 is 9.64 Å². The highest BCUT2D eigenvalue weighted by atomic mass is 16.5. The molecule has 4 aromatic rings. The molecule has 138 valence electrons. The Kier molecular flexibility index (Phi) is 5.29. The van der Waals surface area contributed by atoms with E-state index in [-0.39, 0.29) is 0 Å². The van der Waals surface area contributed by atoms with Crippen molar-refractivity contribution >= 4 is 11.6 Å². The Morgan fingerprint density at radius 1 is 0.714 bits per heavy atom. The third kappa shape index (κ3) is 4.01. The normalized spacial score (nSPS) is 10.5. The summed E-state index contributed by atoms with van der Waals surface area (Å²) in [4.78, 5) is 11.4. The van der Waals surface area contributed by atoms with Crippen molar-refractivity contribution in [3.05, 3.63) is 103 Å². The molecule has 0 fully saturated rings. The van der Waals surface area contributed by atoms with Gasteiger partial charge >= 0.3 is 0 Å². The number of para-hydroxylation sites is 1. The van der Waals surface area contributed by atoms with Crippen LogP contribution in [0.25, 0.3) is 11.1 Å². The molecule has 0 saturated heterocycles. The molecule has 0 bridgehead atoms. The van der Waals surface area contributed by atoms with Crippen LogP contribution in [0.15, 0.2) is 97.3 Å². The van der Waals surface area contributed by atoms with E-state index in [2.05, 4.69) is 39.1 Å². The standard InChI is InChI=1S/C24H21N3O/c1-28-23-14-12-20(13-15-23)21-16-25-24(26-17-21)27(22-10-6-3-7-11-22)18-19-8-4-2-5-9-19/h2-17H,18H2,1H3. The second kappa shape index (κ2) is 8.35. The van der Waals surface area contributed by atoms with Crippen LogP contribution < -0.4 is 9.64 Å². The molecule has 1 heterocycles. The van der Waals surface area contributed by atoms with Crippen molar-refractivity contribution in [1.29, 1.82) is 0 Å². The molecular weight excluding hydrogens is 346 g/mol. The maximum Gasteiger partial charge on any atom is 0.230 e. The molecule has 0 aliphatic heterocycles. The topological polar surface area (TPSA) is 38.2 Å². The van der Waals surface area contributed by atoms with Crippen molar-refractivity contribution in [3.63, 3.8) is 0 Å². The first-order valence-electron chi connectivity index (χ1n) is 9.16. The van der Waals surface area contributed by atoms with Crippen LogP contribution in [0.5, 0.6) is 5.75 Å². The minimum Gasteiger partial charge on any atom is -0.497 e. The zero-order valence-electron chi connectivity index (χ0n) is 15.7. The van der Waals surface area contributed by atoms with Crippen LogP contribution in [0, 0.1) is 0 Å². The van der Waals surface area contributed by atoms with Crippen LogP contribution >= 0.6 is 0 Å². The number of anilines is 2. The molecular formula is C24H21N3O. The van der Waals surface area contributed by atoms with E-state index in [0.717, 1.165) is 22.6 Å². The summed E-state index contributed by atoms with van der Waals surface area (Å²) in [7, 11) is 1.66. The Morgan fingerprint density at radius 2 is 1.32 bits per heavy atom. The lowest BCUT2D eigenvalue weighted by atomic mass is 10.1. The van der Waals surface area contributed by atoms with Gasteiger partial charge in [0.25, 0.3) is 0 Å². The zero-order valence-corrected chi connectivity index (χ0v) is 15.7. The summed E-state index contributed by atoms with van der Waals surface area (Å²) in [5, 5.41) is 0. The summed E-state index contributed by atoms with van der Waals surface area (Å²) in [5.41, 5.74) is 4.29. The average molecular weight is 367 g/mol. The molecule has 0 unspecified atom stereocenters. The quantitative estimate of drug-likeness (QED) is 0.452. The van der Waals surface area contributed by atoms with Gasteiger partial charge in [-0.15, -0.1) is 0 Å². The molecule has 0 amide bonds. The van der Waals surface area contributed by atoms with E-state index in [4.69, 9.17) is 4.74 Å². The molecule has 0 aliphatic carbocycles. The van der Waals surface area contributed by atoms with Crippen molar-refractivity contribution in [2.45, 2.75) is 6.54 Å². The average Bonchev–Trinajstić information content (AvgIpc) is 2.79.